The highest BCUT2D eigenvalue weighted by Gasteiger charge is 2.22. The van der Waals surface area contributed by atoms with Crippen molar-refractivity contribution in [2.45, 2.75) is 25.2 Å². The fourth-order valence-electron chi connectivity index (χ4n) is 1.72. The topological polar surface area (TPSA) is 69.6 Å². The van der Waals surface area contributed by atoms with Gasteiger partial charge in [0.2, 0.25) is 10.0 Å². The Labute approximate surface area is 115 Å². The molecule has 5 nitrogen and oxygen atoms in total. The molecule has 2 N–H and O–H groups in total. The number of nitrogens with one attached hydrogen (secondary N) is 1. The highest BCUT2D eigenvalue weighted by Crippen LogP contribution is 2.18. The maximum atomic E-state index is 12.3. The lowest BCUT2D eigenvalue weighted by atomic mass is 10.3. The van der Waals surface area contributed by atoms with Crippen molar-refractivity contribution in [2.75, 3.05) is 31.6 Å². The maximum Gasteiger partial charge on any atom is 0.243 e. The first-order valence-electron chi connectivity index (χ1n) is 6.51. The number of anilines is 1. The number of benzene rings is 1. The van der Waals surface area contributed by atoms with Crippen LogP contribution in [0.15, 0.2) is 29.2 Å². The van der Waals surface area contributed by atoms with E-state index in [1.165, 1.54) is 4.31 Å². The Bertz CT molecular complexity index is 471. The average molecular weight is 286 g/mol. The number of aliphatic hydroxyl groups is 1. The third-order valence-corrected chi connectivity index (χ3v) is 4.76. The van der Waals surface area contributed by atoms with Crippen LogP contribution in [0.25, 0.3) is 0 Å². The zero-order valence-corrected chi connectivity index (χ0v) is 12.3. The van der Waals surface area contributed by atoms with Crippen LogP contribution in [0.5, 0.6) is 0 Å². The van der Waals surface area contributed by atoms with E-state index in [0.29, 0.717) is 6.54 Å². The zero-order valence-electron chi connectivity index (χ0n) is 11.5. The molecule has 0 atom stereocenters. The summed E-state index contributed by atoms with van der Waals surface area (Å²) < 4.78 is 25.8. The molecule has 0 aromatic heterocycles. The van der Waals surface area contributed by atoms with Gasteiger partial charge in [-0.05, 0) is 30.7 Å². The average Bonchev–Trinajstić information content (AvgIpc) is 2.42. The van der Waals surface area contributed by atoms with E-state index in [4.69, 9.17) is 5.11 Å². The minimum atomic E-state index is -3.50. The van der Waals surface area contributed by atoms with Crippen molar-refractivity contribution in [1.82, 2.24) is 4.31 Å². The Kier molecular flexibility index (Phi) is 6.27. The molecule has 1 aromatic carbocycles. The van der Waals surface area contributed by atoms with Crippen LogP contribution in [-0.4, -0.2) is 44.1 Å². The molecule has 0 saturated carbocycles. The summed E-state index contributed by atoms with van der Waals surface area (Å²) in [6.07, 6.45) is 1.01. The molecule has 0 bridgehead atoms. The summed E-state index contributed by atoms with van der Waals surface area (Å²) >= 11 is 0. The highest BCUT2D eigenvalue weighted by atomic mass is 32.2. The first kappa shape index (κ1) is 15.9. The molecule has 0 spiro atoms. The van der Waals surface area contributed by atoms with E-state index in [2.05, 4.69) is 12.2 Å². The molecule has 0 radical (unpaired) electrons. The fraction of sp³-hybridized carbons (Fsp3) is 0.538. The lowest BCUT2D eigenvalue weighted by molar-refractivity contribution is 0.257. The van der Waals surface area contributed by atoms with Gasteiger partial charge in [0, 0.05) is 25.3 Å². The van der Waals surface area contributed by atoms with E-state index >= 15 is 0 Å². The Morgan fingerprint density at radius 2 is 1.84 bits per heavy atom. The summed E-state index contributed by atoms with van der Waals surface area (Å²) in [6.45, 7) is 4.97. The monoisotopic (exact) mass is 286 g/mol. The minimum absolute atomic E-state index is 0.120. The predicted octanol–water partition coefficient (Wildman–Crippen LogP) is 1.51. The predicted molar refractivity (Wildman–Crippen MR) is 76.7 cm³/mol. The van der Waals surface area contributed by atoms with Crippen LogP contribution in [-0.2, 0) is 10.0 Å². The third-order valence-electron chi connectivity index (χ3n) is 2.77. The Morgan fingerprint density at radius 3 is 2.32 bits per heavy atom. The third kappa shape index (κ3) is 4.19. The van der Waals surface area contributed by atoms with Gasteiger partial charge in [-0.25, -0.2) is 8.42 Å². The summed E-state index contributed by atoms with van der Waals surface area (Å²) in [6, 6.07) is 6.70. The van der Waals surface area contributed by atoms with Crippen molar-refractivity contribution in [3.05, 3.63) is 24.3 Å². The SMILES string of the molecule is CCCNc1ccc(S(=O)(=O)N(CC)CCO)cc1. The van der Waals surface area contributed by atoms with Crippen LogP contribution in [0.2, 0.25) is 0 Å². The first-order valence-corrected chi connectivity index (χ1v) is 7.95. The molecule has 0 aliphatic rings. The lowest BCUT2D eigenvalue weighted by Crippen LogP contribution is -2.33. The quantitative estimate of drug-likeness (QED) is 0.760. The van der Waals surface area contributed by atoms with Crippen molar-refractivity contribution in [3.8, 4) is 0 Å². The molecule has 0 saturated heterocycles. The van der Waals surface area contributed by atoms with Crippen molar-refractivity contribution < 1.29 is 13.5 Å². The van der Waals surface area contributed by atoms with Gasteiger partial charge in [-0.2, -0.15) is 4.31 Å². The van der Waals surface area contributed by atoms with Crippen molar-refractivity contribution in [2.24, 2.45) is 0 Å². The number of aliphatic hydroxyl groups excluding tert-OH is 1. The molecular formula is C13H22N2O3S. The molecule has 1 aromatic rings. The van der Waals surface area contributed by atoms with Crippen molar-refractivity contribution in [3.63, 3.8) is 0 Å². The van der Waals surface area contributed by atoms with Crippen molar-refractivity contribution in [1.29, 1.82) is 0 Å². The Morgan fingerprint density at radius 1 is 1.21 bits per heavy atom. The van der Waals surface area contributed by atoms with E-state index in [-0.39, 0.29) is 18.0 Å². The summed E-state index contributed by atoms with van der Waals surface area (Å²) in [5.41, 5.74) is 0.908. The highest BCUT2D eigenvalue weighted by molar-refractivity contribution is 7.89. The van der Waals surface area contributed by atoms with Crippen LogP contribution in [0.4, 0.5) is 5.69 Å². The normalized spacial score (nSPS) is 11.8. The van der Waals surface area contributed by atoms with Gasteiger partial charge in [0.25, 0.3) is 0 Å². The maximum absolute atomic E-state index is 12.3. The van der Waals surface area contributed by atoms with Crippen LogP contribution in [0.3, 0.4) is 0 Å². The second-order valence-electron chi connectivity index (χ2n) is 4.17. The van der Waals surface area contributed by atoms with Crippen LogP contribution in [0.1, 0.15) is 20.3 Å². The number of hydrogen-bond acceptors (Lipinski definition) is 4. The molecule has 0 fully saturated rings. The molecule has 0 unspecified atom stereocenters. The molecular weight excluding hydrogens is 264 g/mol. The van der Waals surface area contributed by atoms with E-state index in [1.54, 1.807) is 31.2 Å². The van der Waals surface area contributed by atoms with Gasteiger partial charge >= 0.3 is 0 Å². The number of rotatable bonds is 8. The van der Waals surface area contributed by atoms with Gasteiger partial charge in [0.05, 0.1) is 11.5 Å². The molecule has 1 rings (SSSR count). The second kappa shape index (κ2) is 7.47. The van der Waals surface area contributed by atoms with E-state index in [1.807, 2.05) is 0 Å². The summed E-state index contributed by atoms with van der Waals surface area (Å²) in [5.74, 6) is 0. The fourth-order valence-corrected chi connectivity index (χ4v) is 3.16. The van der Waals surface area contributed by atoms with E-state index in [9.17, 15) is 8.42 Å². The second-order valence-corrected chi connectivity index (χ2v) is 6.11. The molecule has 0 aliphatic carbocycles. The van der Waals surface area contributed by atoms with Crippen molar-refractivity contribution >= 4 is 15.7 Å². The summed E-state index contributed by atoms with van der Waals surface area (Å²) in [5, 5.41) is 12.1. The Balaban J connectivity index is 2.89. The molecule has 0 heterocycles. The van der Waals surface area contributed by atoms with Gasteiger partial charge in [0.1, 0.15) is 0 Å². The number of likely N-dealkylation sites (N-methyl/N-ethyl adjacent to an activating group) is 1. The molecule has 108 valence electrons. The summed E-state index contributed by atoms with van der Waals surface area (Å²) in [7, 11) is -3.50. The molecule has 0 aliphatic heterocycles. The number of hydrogen-bond donors (Lipinski definition) is 2. The van der Waals surface area contributed by atoms with Crippen LogP contribution >= 0.6 is 0 Å². The number of sulfonamides is 1. The minimum Gasteiger partial charge on any atom is -0.395 e. The zero-order chi connectivity index (χ0) is 14.3. The van der Waals surface area contributed by atoms with Gasteiger partial charge in [-0.15, -0.1) is 0 Å². The molecule has 0 amide bonds. The first-order chi connectivity index (χ1) is 9.06. The van der Waals surface area contributed by atoms with E-state index in [0.717, 1.165) is 18.7 Å². The van der Waals surface area contributed by atoms with Gasteiger partial charge in [0.15, 0.2) is 0 Å². The van der Waals surface area contributed by atoms with Crippen LogP contribution in [0, 0.1) is 0 Å². The van der Waals surface area contributed by atoms with E-state index < -0.39 is 10.0 Å². The lowest BCUT2D eigenvalue weighted by Gasteiger charge is -2.19. The standard InChI is InChI=1S/C13H22N2O3S/c1-3-9-14-12-5-7-13(8-6-12)19(17,18)15(4-2)10-11-16/h5-8,14,16H,3-4,9-11H2,1-2H3. The van der Waals surface area contributed by atoms with Gasteiger partial charge < -0.3 is 10.4 Å². The van der Waals surface area contributed by atoms with Gasteiger partial charge in [-0.1, -0.05) is 13.8 Å². The smallest absolute Gasteiger partial charge is 0.243 e. The molecule has 6 heteroatoms. The number of nitrogens with zero attached hydrogens (tertiary/aromatic N) is 1. The Hall–Kier alpha value is -1.11. The van der Waals surface area contributed by atoms with Gasteiger partial charge in [-0.3, -0.25) is 0 Å². The van der Waals surface area contributed by atoms with Crippen LogP contribution < -0.4 is 5.32 Å². The molecule has 19 heavy (non-hydrogen) atoms. The summed E-state index contributed by atoms with van der Waals surface area (Å²) in [4.78, 5) is 0.254. The largest absolute Gasteiger partial charge is 0.395 e.